The van der Waals surface area contributed by atoms with Crippen molar-refractivity contribution in [3.8, 4) is 5.75 Å². The van der Waals surface area contributed by atoms with Gasteiger partial charge in [0.1, 0.15) is 5.75 Å². The van der Waals surface area contributed by atoms with E-state index in [1.165, 1.54) is 10.4 Å². The van der Waals surface area contributed by atoms with Crippen molar-refractivity contribution in [2.45, 2.75) is 53.4 Å². The molecule has 0 saturated carbocycles. The van der Waals surface area contributed by atoms with Gasteiger partial charge in [0.15, 0.2) is 0 Å². The number of aromatic nitrogens is 1. The Labute approximate surface area is 166 Å². The van der Waals surface area contributed by atoms with Crippen LogP contribution in [0.1, 0.15) is 47.8 Å². The van der Waals surface area contributed by atoms with Gasteiger partial charge in [0, 0.05) is 35.6 Å². The van der Waals surface area contributed by atoms with Crippen LogP contribution >= 0.6 is 11.3 Å². The molecule has 0 atom stereocenters. The highest BCUT2D eigenvalue weighted by atomic mass is 32.1. The molecular formula is C21H30N2O3S. The van der Waals surface area contributed by atoms with Crippen LogP contribution < -0.4 is 9.64 Å². The van der Waals surface area contributed by atoms with Gasteiger partial charge < -0.3 is 14.7 Å². The first-order valence-corrected chi connectivity index (χ1v) is 10.5. The number of rotatable bonds is 7. The minimum Gasteiger partial charge on any atom is -0.493 e. The fourth-order valence-corrected chi connectivity index (χ4v) is 4.19. The summed E-state index contributed by atoms with van der Waals surface area (Å²) in [5.41, 5.74) is 3.44. The fraction of sp³-hybridized carbons (Fsp3) is 0.524. The second-order valence-electron chi connectivity index (χ2n) is 6.32. The van der Waals surface area contributed by atoms with Crippen LogP contribution in [0.5, 0.6) is 5.75 Å². The van der Waals surface area contributed by atoms with Crippen molar-refractivity contribution in [3.05, 3.63) is 39.3 Å². The van der Waals surface area contributed by atoms with E-state index in [0.29, 0.717) is 13.2 Å². The van der Waals surface area contributed by atoms with Gasteiger partial charge in [-0.3, -0.25) is 4.79 Å². The summed E-state index contributed by atoms with van der Waals surface area (Å²) in [6.07, 6.45) is 2.97. The summed E-state index contributed by atoms with van der Waals surface area (Å²) in [5.74, 6) is 0.163. The third-order valence-corrected chi connectivity index (χ3v) is 5.42. The van der Waals surface area contributed by atoms with Gasteiger partial charge in [-0.2, -0.15) is 0 Å². The second kappa shape index (κ2) is 10.3. The van der Waals surface area contributed by atoms with Gasteiger partial charge in [-0.05, 0) is 38.8 Å². The molecule has 0 spiro atoms. The molecule has 1 N–H and O–H groups in total. The number of hydrogen-bond acceptors (Lipinski definition) is 5. The van der Waals surface area contributed by atoms with E-state index in [2.05, 4.69) is 22.9 Å². The van der Waals surface area contributed by atoms with Crippen LogP contribution in [0.15, 0.2) is 18.2 Å². The first kappa shape index (κ1) is 21.2. The van der Waals surface area contributed by atoms with Gasteiger partial charge >= 0.3 is 5.97 Å². The SMILES string of the molecule is CC.Cc1nc(CCOc2cccc3c2CCCN3CCC(=O)O)c(C)s1. The highest BCUT2D eigenvalue weighted by molar-refractivity contribution is 7.11. The zero-order chi connectivity index (χ0) is 19.8. The Morgan fingerprint density at radius 2 is 2.11 bits per heavy atom. The molecule has 0 radical (unpaired) electrons. The third kappa shape index (κ3) is 5.70. The second-order valence-corrected chi connectivity index (χ2v) is 7.73. The number of fused-ring (bicyclic) bond motifs is 1. The molecule has 3 rings (SSSR count). The molecule has 0 bridgehead atoms. The molecule has 0 amide bonds. The molecular weight excluding hydrogens is 360 g/mol. The number of thiazole rings is 1. The molecule has 1 aliphatic heterocycles. The molecule has 6 heteroatoms. The predicted octanol–water partition coefficient (Wildman–Crippen LogP) is 4.63. The minimum absolute atomic E-state index is 0.160. The van der Waals surface area contributed by atoms with E-state index in [4.69, 9.17) is 9.84 Å². The molecule has 0 unspecified atom stereocenters. The van der Waals surface area contributed by atoms with Crippen molar-refractivity contribution >= 4 is 23.0 Å². The highest BCUT2D eigenvalue weighted by Gasteiger charge is 2.20. The average molecular weight is 391 g/mol. The van der Waals surface area contributed by atoms with Crippen LogP contribution in [-0.4, -0.2) is 35.8 Å². The number of nitrogens with zero attached hydrogens (tertiary/aromatic N) is 2. The lowest BCUT2D eigenvalue weighted by Gasteiger charge is -2.32. The molecule has 27 heavy (non-hydrogen) atoms. The molecule has 148 valence electrons. The monoisotopic (exact) mass is 390 g/mol. The summed E-state index contributed by atoms with van der Waals surface area (Å²) in [5, 5.41) is 10.0. The van der Waals surface area contributed by atoms with E-state index < -0.39 is 5.97 Å². The lowest BCUT2D eigenvalue weighted by atomic mass is 10.0. The average Bonchev–Trinajstić information content (AvgIpc) is 2.99. The van der Waals surface area contributed by atoms with Gasteiger partial charge in [0.25, 0.3) is 0 Å². The van der Waals surface area contributed by atoms with Gasteiger partial charge in [-0.1, -0.05) is 19.9 Å². The van der Waals surface area contributed by atoms with E-state index >= 15 is 0 Å². The normalized spacial score (nSPS) is 12.8. The Bertz CT molecular complexity index is 758. The Morgan fingerprint density at radius 1 is 1.33 bits per heavy atom. The fourth-order valence-electron chi connectivity index (χ4n) is 3.33. The topological polar surface area (TPSA) is 62.7 Å². The smallest absolute Gasteiger partial charge is 0.305 e. The highest BCUT2D eigenvalue weighted by Crippen LogP contribution is 2.34. The molecule has 5 nitrogen and oxygen atoms in total. The van der Waals surface area contributed by atoms with Crippen molar-refractivity contribution in [3.63, 3.8) is 0 Å². The maximum Gasteiger partial charge on any atom is 0.305 e. The third-order valence-electron chi connectivity index (χ3n) is 4.50. The lowest BCUT2D eigenvalue weighted by Crippen LogP contribution is -2.31. The first-order chi connectivity index (χ1) is 13.0. The largest absolute Gasteiger partial charge is 0.493 e. The van der Waals surface area contributed by atoms with Crippen LogP contribution in [0.3, 0.4) is 0 Å². The minimum atomic E-state index is -0.756. The summed E-state index contributed by atoms with van der Waals surface area (Å²) < 4.78 is 6.07. The van der Waals surface area contributed by atoms with Gasteiger partial charge in [0.05, 0.1) is 23.7 Å². The number of aryl methyl sites for hydroxylation is 2. The number of carbonyl (C=O) groups is 1. The lowest BCUT2D eigenvalue weighted by molar-refractivity contribution is -0.136. The van der Waals surface area contributed by atoms with Crippen molar-refractivity contribution in [2.75, 3.05) is 24.6 Å². The summed E-state index contributed by atoms with van der Waals surface area (Å²) in [4.78, 5) is 18.8. The van der Waals surface area contributed by atoms with Gasteiger partial charge in [0.2, 0.25) is 0 Å². The zero-order valence-corrected chi connectivity index (χ0v) is 17.6. The summed E-state index contributed by atoms with van der Waals surface area (Å²) >= 11 is 1.73. The summed E-state index contributed by atoms with van der Waals surface area (Å²) in [6.45, 7) is 10.2. The van der Waals surface area contributed by atoms with E-state index in [9.17, 15) is 4.79 Å². The molecule has 2 aromatic rings. The van der Waals surface area contributed by atoms with E-state index in [1.54, 1.807) is 11.3 Å². The molecule has 0 fully saturated rings. The molecule has 0 saturated heterocycles. The first-order valence-electron chi connectivity index (χ1n) is 9.69. The molecule has 1 aromatic heterocycles. The Kier molecular flexibility index (Phi) is 8.10. The number of carboxylic acid groups (broad SMARTS) is 1. The van der Waals surface area contributed by atoms with Crippen molar-refractivity contribution in [2.24, 2.45) is 0 Å². The number of anilines is 1. The van der Waals surface area contributed by atoms with Gasteiger partial charge in [-0.15, -0.1) is 11.3 Å². The molecule has 1 aliphatic rings. The predicted molar refractivity (Wildman–Crippen MR) is 111 cm³/mol. The van der Waals surface area contributed by atoms with Crippen LogP contribution in [0.25, 0.3) is 0 Å². The summed E-state index contributed by atoms with van der Waals surface area (Å²) in [7, 11) is 0. The van der Waals surface area contributed by atoms with Crippen molar-refractivity contribution < 1.29 is 14.6 Å². The van der Waals surface area contributed by atoms with Crippen molar-refractivity contribution in [1.29, 1.82) is 0 Å². The number of ether oxygens (including phenoxy) is 1. The quantitative estimate of drug-likeness (QED) is 0.746. The van der Waals surface area contributed by atoms with Crippen LogP contribution in [0.2, 0.25) is 0 Å². The van der Waals surface area contributed by atoms with E-state index in [0.717, 1.165) is 47.9 Å². The Balaban J connectivity index is 0.00000126. The van der Waals surface area contributed by atoms with Gasteiger partial charge in [-0.25, -0.2) is 4.98 Å². The van der Waals surface area contributed by atoms with Crippen LogP contribution in [0, 0.1) is 13.8 Å². The summed E-state index contributed by atoms with van der Waals surface area (Å²) in [6, 6.07) is 6.07. The number of carboxylic acids is 1. The number of benzene rings is 1. The van der Waals surface area contributed by atoms with E-state index in [-0.39, 0.29) is 6.42 Å². The van der Waals surface area contributed by atoms with Crippen molar-refractivity contribution in [1.82, 2.24) is 4.98 Å². The Morgan fingerprint density at radius 3 is 2.78 bits per heavy atom. The molecule has 1 aromatic carbocycles. The van der Waals surface area contributed by atoms with Crippen LogP contribution in [-0.2, 0) is 17.6 Å². The molecule has 2 heterocycles. The maximum atomic E-state index is 10.9. The standard InChI is InChI=1S/C19H24N2O3S.C2H6/c1-13-16(20-14(2)25-13)9-12-24-18-7-3-6-17-15(18)5-4-10-21(17)11-8-19(22)23;1-2/h3,6-7H,4-5,8-12H2,1-2H3,(H,22,23);1-2H3. The number of aliphatic carboxylic acids is 1. The van der Waals surface area contributed by atoms with Crippen LogP contribution in [0.4, 0.5) is 5.69 Å². The Hall–Kier alpha value is -2.08. The van der Waals surface area contributed by atoms with E-state index in [1.807, 2.05) is 32.9 Å². The zero-order valence-electron chi connectivity index (χ0n) is 16.7. The maximum absolute atomic E-state index is 10.9. The molecule has 0 aliphatic carbocycles. The number of hydrogen-bond donors (Lipinski definition) is 1.